The third-order valence-electron chi connectivity index (χ3n) is 7.09. The van der Waals surface area contributed by atoms with Crippen LogP contribution in [0.25, 0.3) is 0 Å². The molecule has 0 unspecified atom stereocenters. The minimum Gasteiger partial charge on any atom is -0.467 e. The van der Waals surface area contributed by atoms with E-state index >= 15 is 0 Å². The molecule has 1 aliphatic carbocycles. The van der Waals surface area contributed by atoms with Gasteiger partial charge in [0.1, 0.15) is 11.7 Å². The van der Waals surface area contributed by atoms with Gasteiger partial charge in [0.15, 0.2) is 5.72 Å². The molecule has 3 aliphatic rings. The van der Waals surface area contributed by atoms with Crippen molar-refractivity contribution in [3.8, 4) is 5.75 Å². The molecule has 4 atom stereocenters. The van der Waals surface area contributed by atoms with Crippen molar-refractivity contribution in [3.63, 3.8) is 0 Å². The van der Waals surface area contributed by atoms with E-state index in [2.05, 4.69) is 5.32 Å². The number of aryl methyl sites for hydroxylation is 1. The van der Waals surface area contributed by atoms with E-state index in [9.17, 15) is 9.59 Å². The first-order chi connectivity index (χ1) is 14.0. The van der Waals surface area contributed by atoms with Gasteiger partial charge in [-0.2, -0.15) is 0 Å². The summed E-state index contributed by atoms with van der Waals surface area (Å²) in [6.07, 6.45) is 3.91. The summed E-state index contributed by atoms with van der Waals surface area (Å²) < 4.78 is 6.52. The van der Waals surface area contributed by atoms with Gasteiger partial charge in [-0.1, -0.05) is 42.8 Å². The lowest BCUT2D eigenvalue weighted by molar-refractivity contribution is -0.201. The van der Waals surface area contributed by atoms with Crippen LogP contribution in [-0.4, -0.2) is 29.5 Å². The van der Waals surface area contributed by atoms with Crippen molar-refractivity contribution in [1.82, 2.24) is 4.90 Å². The molecular formula is C24H26N2O3. The average Bonchev–Trinajstić information content (AvgIpc) is 2.73. The highest BCUT2D eigenvalue weighted by Gasteiger charge is 2.63. The number of ether oxygens (including phenoxy) is 1. The molecule has 2 amide bonds. The second-order valence-electron chi connectivity index (χ2n) is 8.54. The van der Waals surface area contributed by atoms with Crippen molar-refractivity contribution >= 4 is 17.5 Å². The molecule has 150 valence electrons. The lowest BCUT2D eigenvalue weighted by Gasteiger charge is -2.59. The average molecular weight is 390 g/mol. The SMILES string of the molecule is Cc1ccccc1NC(=O)[C@@H]1C(=O)N(C)[C@]23CCCC[C@H]2[C@H]1c1ccccc1O3. The van der Waals surface area contributed by atoms with Crippen LogP contribution in [0.15, 0.2) is 48.5 Å². The number of hydrogen-bond donors (Lipinski definition) is 1. The number of para-hydroxylation sites is 2. The Kier molecular flexibility index (Phi) is 4.16. The fraction of sp³-hybridized carbons (Fsp3) is 0.417. The number of carbonyl (C=O) groups excluding carboxylic acids is 2. The third kappa shape index (κ3) is 2.60. The van der Waals surface area contributed by atoms with Gasteiger partial charge in [-0.3, -0.25) is 9.59 Å². The van der Waals surface area contributed by atoms with E-state index in [4.69, 9.17) is 4.74 Å². The molecule has 1 saturated heterocycles. The summed E-state index contributed by atoms with van der Waals surface area (Å²) in [4.78, 5) is 28.7. The Morgan fingerprint density at radius 2 is 1.90 bits per heavy atom. The van der Waals surface area contributed by atoms with E-state index in [1.807, 2.05) is 55.5 Å². The van der Waals surface area contributed by atoms with E-state index in [-0.39, 0.29) is 23.7 Å². The van der Waals surface area contributed by atoms with Crippen molar-refractivity contribution in [2.45, 2.75) is 44.2 Å². The van der Waals surface area contributed by atoms with Crippen LogP contribution in [0.1, 0.15) is 42.7 Å². The number of amides is 2. The van der Waals surface area contributed by atoms with Crippen molar-refractivity contribution in [3.05, 3.63) is 59.7 Å². The van der Waals surface area contributed by atoms with Gasteiger partial charge in [-0.25, -0.2) is 0 Å². The van der Waals surface area contributed by atoms with Gasteiger partial charge in [0.05, 0.1) is 0 Å². The van der Waals surface area contributed by atoms with E-state index in [1.165, 1.54) is 0 Å². The van der Waals surface area contributed by atoms with Crippen LogP contribution in [0, 0.1) is 18.8 Å². The predicted octanol–water partition coefficient (Wildman–Crippen LogP) is 4.08. The molecular weight excluding hydrogens is 364 g/mol. The highest BCUT2D eigenvalue weighted by Crippen LogP contribution is 2.58. The van der Waals surface area contributed by atoms with Gasteiger partial charge in [-0.15, -0.1) is 0 Å². The Hall–Kier alpha value is -2.82. The molecule has 29 heavy (non-hydrogen) atoms. The zero-order chi connectivity index (χ0) is 20.2. The predicted molar refractivity (Wildman–Crippen MR) is 111 cm³/mol. The highest BCUT2D eigenvalue weighted by molar-refractivity contribution is 6.08. The fourth-order valence-corrected chi connectivity index (χ4v) is 5.64. The smallest absolute Gasteiger partial charge is 0.238 e. The molecule has 5 nitrogen and oxygen atoms in total. The van der Waals surface area contributed by atoms with Crippen LogP contribution >= 0.6 is 0 Å². The van der Waals surface area contributed by atoms with Crippen LogP contribution in [0.3, 0.4) is 0 Å². The van der Waals surface area contributed by atoms with Gasteiger partial charge >= 0.3 is 0 Å². The standard InChI is InChI=1S/C24H26N2O3/c1-15-9-3-5-12-18(15)25-22(27)21-20-16-10-4-6-13-19(16)29-24(26(2)23(21)28)14-8-7-11-17(20)24/h3-6,9-10,12-13,17,20-21H,7-8,11,14H2,1-2H3,(H,25,27)/t17-,20+,21+,24-/m0/s1. The van der Waals surface area contributed by atoms with Crippen LogP contribution < -0.4 is 10.1 Å². The molecule has 2 heterocycles. The maximum atomic E-state index is 13.5. The number of hydrogen-bond acceptors (Lipinski definition) is 3. The molecule has 5 rings (SSSR count). The number of carbonyl (C=O) groups is 2. The van der Waals surface area contributed by atoms with Crippen LogP contribution in [-0.2, 0) is 9.59 Å². The monoisotopic (exact) mass is 390 g/mol. The number of fused-ring (bicyclic) bond motifs is 2. The number of anilines is 1. The zero-order valence-corrected chi connectivity index (χ0v) is 16.9. The van der Waals surface area contributed by atoms with Gasteiger partial charge in [0.25, 0.3) is 0 Å². The van der Waals surface area contributed by atoms with Crippen molar-refractivity contribution in [1.29, 1.82) is 0 Å². The molecule has 1 saturated carbocycles. The van der Waals surface area contributed by atoms with Crippen LogP contribution in [0.5, 0.6) is 5.75 Å². The first-order valence-corrected chi connectivity index (χ1v) is 10.4. The molecule has 0 aromatic heterocycles. The summed E-state index contributed by atoms with van der Waals surface area (Å²) in [5, 5.41) is 3.03. The Balaban J connectivity index is 1.60. The van der Waals surface area contributed by atoms with Gasteiger partial charge in [0, 0.05) is 31.0 Å². The first-order valence-electron chi connectivity index (χ1n) is 10.4. The Bertz CT molecular complexity index is 988. The minimum absolute atomic E-state index is 0.126. The quantitative estimate of drug-likeness (QED) is 0.786. The van der Waals surface area contributed by atoms with Crippen molar-refractivity contribution < 1.29 is 14.3 Å². The second-order valence-corrected chi connectivity index (χ2v) is 8.54. The lowest BCUT2D eigenvalue weighted by atomic mass is 9.61. The van der Waals surface area contributed by atoms with Gasteiger partial charge in [0.2, 0.25) is 11.8 Å². The molecule has 0 spiro atoms. The molecule has 2 fully saturated rings. The fourth-order valence-electron chi connectivity index (χ4n) is 5.64. The molecule has 2 aromatic carbocycles. The first kappa shape index (κ1) is 18.2. The number of benzene rings is 2. The van der Waals surface area contributed by atoms with Crippen molar-refractivity contribution in [2.75, 3.05) is 12.4 Å². The molecule has 2 aliphatic heterocycles. The van der Waals surface area contributed by atoms with Crippen LogP contribution in [0.2, 0.25) is 0 Å². The zero-order valence-electron chi connectivity index (χ0n) is 16.9. The van der Waals surface area contributed by atoms with Gasteiger partial charge < -0.3 is 15.0 Å². The molecule has 2 aromatic rings. The van der Waals surface area contributed by atoms with E-state index in [0.717, 1.165) is 48.2 Å². The Labute approximate surface area is 171 Å². The highest BCUT2D eigenvalue weighted by atomic mass is 16.5. The number of nitrogens with one attached hydrogen (secondary N) is 1. The minimum atomic E-state index is -0.749. The number of likely N-dealkylation sites (tertiary alicyclic amines) is 1. The number of rotatable bonds is 2. The lowest BCUT2D eigenvalue weighted by Crippen LogP contribution is -2.70. The maximum Gasteiger partial charge on any atom is 0.238 e. The van der Waals surface area contributed by atoms with Crippen LogP contribution in [0.4, 0.5) is 5.69 Å². The molecule has 0 radical (unpaired) electrons. The third-order valence-corrected chi connectivity index (χ3v) is 7.09. The Morgan fingerprint density at radius 1 is 1.14 bits per heavy atom. The van der Waals surface area contributed by atoms with E-state index in [0.29, 0.717) is 0 Å². The topological polar surface area (TPSA) is 58.6 Å². The summed E-state index contributed by atoms with van der Waals surface area (Å²) in [5.74, 6) is -0.343. The molecule has 5 heteroatoms. The second kappa shape index (κ2) is 6.61. The van der Waals surface area contributed by atoms with Crippen molar-refractivity contribution in [2.24, 2.45) is 11.8 Å². The largest absolute Gasteiger partial charge is 0.467 e. The molecule has 1 N–H and O–H groups in total. The number of nitrogens with zero attached hydrogens (tertiary/aromatic N) is 1. The van der Waals surface area contributed by atoms with E-state index in [1.54, 1.807) is 11.9 Å². The van der Waals surface area contributed by atoms with E-state index < -0.39 is 11.6 Å². The summed E-state index contributed by atoms with van der Waals surface area (Å²) >= 11 is 0. The Morgan fingerprint density at radius 3 is 2.72 bits per heavy atom. The maximum absolute atomic E-state index is 13.5. The summed E-state index contributed by atoms with van der Waals surface area (Å²) in [5.41, 5.74) is 2.10. The van der Waals surface area contributed by atoms with Gasteiger partial charge in [-0.05, 0) is 43.0 Å². The summed E-state index contributed by atoms with van der Waals surface area (Å²) in [6, 6.07) is 15.6. The summed E-state index contributed by atoms with van der Waals surface area (Å²) in [7, 11) is 1.80. The normalized spacial score (nSPS) is 30.1. The number of piperidine rings is 1. The molecule has 2 bridgehead atoms. The summed E-state index contributed by atoms with van der Waals surface area (Å²) in [6.45, 7) is 1.96.